The van der Waals surface area contributed by atoms with Crippen molar-refractivity contribution < 1.29 is 9.53 Å². The van der Waals surface area contributed by atoms with Crippen molar-refractivity contribution >= 4 is 5.97 Å². The molecule has 0 aromatic heterocycles. The van der Waals surface area contributed by atoms with Gasteiger partial charge in [0, 0.05) is 12.7 Å². The molecule has 0 unspecified atom stereocenters. The van der Waals surface area contributed by atoms with Crippen molar-refractivity contribution in [1.82, 2.24) is 5.32 Å². The first-order valence-electron chi connectivity index (χ1n) is 5.91. The van der Waals surface area contributed by atoms with Gasteiger partial charge in [0.2, 0.25) is 0 Å². The second-order valence-corrected chi connectivity index (χ2v) is 4.00. The van der Waals surface area contributed by atoms with E-state index in [-0.39, 0.29) is 18.5 Å². The van der Waals surface area contributed by atoms with Crippen LogP contribution in [0.1, 0.15) is 27.2 Å². The molecule has 0 atom stereocenters. The highest BCUT2D eigenvalue weighted by Crippen LogP contribution is 2.04. The van der Waals surface area contributed by atoms with E-state index in [0.29, 0.717) is 0 Å². The lowest BCUT2D eigenvalue weighted by atomic mass is 10.2. The van der Waals surface area contributed by atoms with Gasteiger partial charge in [-0.1, -0.05) is 39.5 Å². The normalized spacial score (nSPS) is 12.5. The molecule has 1 N–H and O–H groups in total. The molecular formula is C14H23NO2. The minimum absolute atomic E-state index is 0.0971. The highest BCUT2D eigenvalue weighted by Gasteiger charge is 2.07. The van der Waals surface area contributed by atoms with Crippen molar-refractivity contribution in [1.29, 1.82) is 0 Å². The van der Waals surface area contributed by atoms with Gasteiger partial charge in [0.25, 0.3) is 0 Å². The molecule has 0 radical (unpaired) electrons. The average molecular weight is 237 g/mol. The van der Waals surface area contributed by atoms with Crippen LogP contribution in [-0.2, 0) is 9.53 Å². The van der Waals surface area contributed by atoms with Crippen LogP contribution in [0.5, 0.6) is 0 Å². The minimum atomic E-state index is -0.189. The first-order valence-corrected chi connectivity index (χ1v) is 5.91. The summed E-state index contributed by atoms with van der Waals surface area (Å²) in [6, 6.07) is 0. The van der Waals surface area contributed by atoms with Gasteiger partial charge in [-0.05, 0) is 18.1 Å². The highest BCUT2D eigenvalue weighted by atomic mass is 16.5. The molecule has 0 aromatic carbocycles. The fraction of sp³-hybridized carbons (Fsp3) is 0.500. The topological polar surface area (TPSA) is 38.3 Å². The van der Waals surface area contributed by atoms with Crippen molar-refractivity contribution in [3.63, 3.8) is 0 Å². The number of allylic oxidation sites excluding steroid dienone is 3. The van der Waals surface area contributed by atoms with Crippen LogP contribution >= 0.6 is 0 Å². The van der Waals surface area contributed by atoms with E-state index in [0.717, 1.165) is 17.7 Å². The molecule has 0 spiro atoms. The van der Waals surface area contributed by atoms with E-state index in [4.69, 9.17) is 4.74 Å². The molecular weight excluding hydrogens is 214 g/mol. The Morgan fingerprint density at radius 1 is 1.41 bits per heavy atom. The third kappa shape index (κ3) is 6.61. The molecule has 96 valence electrons. The molecule has 0 saturated heterocycles. The Morgan fingerprint density at radius 3 is 2.47 bits per heavy atom. The molecule has 0 aromatic rings. The van der Waals surface area contributed by atoms with E-state index in [1.165, 1.54) is 0 Å². The summed E-state index contributed by atoms with van der Waals surface area (Å²) in [7, 11) is 1.88. The molecule has 0 aliphatic heterocycles. The largest absolute Gasteiger partial charge is 0.461 e. The number of nitrogens with one attached hydrogen (secondary N) is 1. The molecule has 0 heterocycles. The first-order chi connectivity index (χ1) is 8.04. The van der Waals surface area contributed by atoms with Crippen molar-refractivity contribution in [2.45, 2.75) is 27.2 Å². The van der Waals surface area contributed by atoms with Gasteiger partial charge in [-0.2, -0.15) is 0 Å². The van der Waals surface area contributed by atoms with Gasteiger partial charge in [0.05, 0.1) is 5.92 Å². The van der Waals surface area contributed by atoms with Crippen molar-refractivity contribution in [3.8, 4) is 0 Å². The Morgan fingerprint density at radius 2 is 2.06 bits per heavy atom. The third-order valence-electron chi connectivity index (χ3n) is 2.32. The summed E-state index contributed by atoms with van der Waals surface area (Å²) in [6.45, 7) is 9.68. The zero-order valence-electron chi connectivity index (χ0n) is 11.2. The Bertz CT molecular complexity index is 308. The standard InChI is InChI=1S/C14H23NO2/c1-6-12(8-9-13(7-2)15-5)10-17-14(16)11(3)4/h6,8-9,11,15H,1,7,10H2,2-5H3/b12-8+,13-9+. The summed E-state index contributed by atoms with van der Waals surface area (Å²) in [5.41, 5.74) is 2.01. The van der Waals surface area contributed by atoms with Crippen molar-refractivity contribution in [2.24, 2.45) is 5.92 Å². The van der Waals surface area contributed by atoms with Gasteiger partial charge < -0.3 is 10.1 Å². The van der Waals surface area contributed by atoms with E-state index < -0.39 is 0 Å². The fourth-order valence-corrected chi connectivity index (χ4v) is 1.08. The molecule has 0 rings (SSSR count). The van der Waals surface area contributed by atoms with Crippen LogP contribution in [0, 0.1) is 5.92 Å². The highest BCUT2D eigenvalue weighted by molar-refractivity contribution is 5.71. The van der Waals surface area contributed by atoms with Gasteiger partial charge in [-0.25, -0.2) is 0 Å². The fourth-order valence-electron chi connectivity index (χ4n) is 1.08. The summed E-state index contributed by atoms with van der Waals surface area (Å²) in [4.78, 5) is 11.3. The van der Waals surface area contributed by atoms with Crippen molar-refractivity contribution in [3.05, 3.63) is 36.1 Å². The second-order valence-electron chi connectivity index (χ2n) is 4.00. The number of carbonyl (C=O) groups is 1. The molecule has 17 heavy (non-hydrogen) atoms. The maximum absolute atomic E-state index is 11.3. The van der Waals surface area contributed by atoms with Crippen LogP contribution in [0.15, 0.2) is 36.1 Å². The van der Waals surface area contributed by atoms with E-state index in [1.807, 2.05) is 33.0 Å². The number of rotatable bonds is 7. The Balaban J connectivity index is 4.43. The zero-order valence-corrected chi connectivity index (χ0v) is 11.2. The van der Waals surface area contributed by atoms with E-state index in [9.17, 15) is 4.79 Å². The smallest absolute Gasteiger partial charge is 0.308 e. The van der Waals surface area contributed by atoms with Crippen LogP contribution in [0.4, 0.5) is 0 Å². The number of ether oxygens (including phenoxy) is 1. The molecule has 3 nitrogen and oxygen atoms in total. The van der Waals surface area contributed by atoms with Gasteiger partial charge in [-0.15, -0.1) is 0 Å². The summed E-state index contributed by atoms with van der Waals surface area (Å²) >= 11 is 0. The summed E-state index contributed by atoms with van der Waals surface area (Å²) in [5, 5.41) is 3.09. The molecule has 3 heteroatoms. The Labute approximate surface area is 104 Å². The maximum atomic E-state index is 11.3. The van der Waals surface area contributed by atoms with E-state index in [2.05, 4.69) is 18.8 Å². The lowest BCUT2D eigenvalue weighted by Crippen LogP contribution is -2.13. The quantitative estimate of drug-likeness (QED) is 0.546. The molecule has 0 aliphatic carbocycles. The van der Waals surface area contributed by atoms with E-state index in [1.54, 1.807) is 6.08 Å². The molecule has 0 fully saturated rings. The Hall–Kier alpha value is -1.51. The SMILES string of the molecule is C=C/C(=C\C=C(/CC)NC)COC(=O)C(C)C. The van der Waals surface area contributed by atoms with Gasteiger partial charge in [0.1, 0.15) is 6.61 Å². The van der Waals surface area contributed by atoms with Crippen LogP contribution in [0.2, 0.25) is 0 Å². The van der Waals surface area contributed by atoms with Crippen LogP contribution in [-0.4, -0.2) is 19.6 Å². The molecule has 0 aliphatic rings. The van der Waals surface area contributed by atoms with E-state index >= 15 is 0 Å². The third-order valence-corrected chi connectivity index (χ3v) is 2.32. The lowest BCUT2D eigenvalue weighted by molar-refractivity contribution is -0.146. The molecule has 0 saturated carbocycles. The maximum Gasteiger partial charge on any atom is 0.308 e. The number of carbonyl (C=O) groups excluding carboxylic acids is 1. The summed E-state index contributed by atoms with van der Waals surface area (Å²) in [5.74, 6) is -0.286. The zero-order chi connectivity index (χ0) is 13.3. The van der Waals surface area contributed by atoms with Crippen LogP contribution in [0.25, 0.3) is 0 Å². The predicted octanol–water partition coefficient (Wildman–Crippen LogP) is 2.81. The number of hydrogen-bond acceptors (Lipinski definition) is 3. The lowest BCUT2D eigenvalue weighted by Gasteiger charge is -2.07. The summed E-state index contributed by atoms with van der Waals surface area (Å²) < 4.78 is 5.13. The van der Waals surface area contributed by atoms with Crippen LogP contribution in [0.3, 0.4) is 0 Å². The average Bonchev–Trinajstić information content (AvgIpc) is 2.33. The summed E-state index contributed by atoms with van der Waals surface area (Å²) in [6.07, 6.45) is 6.52. The second kappa shape index (κ2) is 8.62. The minimum Gasteiger partial charge on any atom is -0.461 e. The number of esters is 1. The monoisotopic (exact) mass is 237 g/mol. The molecule has 0 bridgehead atoms. The van der Waals surface area contributed by atoms with Crippen LogP contribution < -0.4 is 5.32 Å². The predicted molar refractivity (Wildman–Crippen MR) is 71.5 cm³/mol. The van der Waals surface area contributed by atoms with Gasteiger partial charge in [-0.3, -0.25) is 4.79 Å². The Kier molecular flexibility index (Phi) is 7.85. The molecule has 0 amide bonds. The first kappa shape index (κ1) is 15.5. The number of hydrogen-bond donors (Lipinski definition) is 1. The van der Waals surface area contributed by atoms with Crippen molar-refractivity contribution in [2.75, 3.05) is 13.7 Å². The van der Waals surface area contributed by atoms with Gasteiger partial charge in [0.15, 0.2) is 0 Å². The van der Waals surface area contributed by atoms with Gasteiger partial charge >= 0.3 is 5.97 Å².